The average molecular weight is 521 g/mol. The molecule has 0 aromatic heterocycles. The van der Waals surface area contributed by atoms with Crippen molar-refractivity contribution in [3.05, 3.63) is 0 Å². The van der Waals surface area contributed by atoms with Gasteiger partial charge in [-0.25, -0.2) is 0 Å². The fourth-order valence-electron chi connectivity index (χ4n) is 5.11. The van der Waals surface area contributed by atoms with Crippen LogP contribution in [0.1, 0.15) is 155 Å². The molecular formula is C32H60N2O3. The molecule has 1 atom stereocenters. The number of amides is 1. The van der Waals surface area contributed by atoms with Gasteiger partial charge in [0, 0.05) is 25.4 Å². The number of hydrogen-bond acceptors (Lipinski definition) is 4. The number of nitrogens with zero attached hydrogens (tertiary/aromatic N) is 2. The minimum atomic E-state index is -0.0936. The second kappa shape index (κ2) is 24.9. The van der Waals surface area contributed by atoms with Crippen LogP contribution in [0.4, 0.5) is 0 Å². The molecule has 5 nitrogen and oxygen atoms in total. The molecule has 0 spiro atoms. The largest absolute Gasteiger partial charge is 0.466 e. The highest BCUT2D eigenvalue weighted by atomic mass is 16.5. The molecule has 0 bridgehead atoms. The Morgan fingerprint density at radius 1 is 0.811 bits per heavy atom. The fraction of sp³-hybridized carbons (Fsp3) is 0.906. The van der Waals surface area contributed by atoms with E-state index in [2.05, 4.69) is 11.9 Å². The van der Waals surface area contributed by atoms with Crippen LogP contribution in [0.25, 0.3) is 0 Å². The number of esters is 1. The van der Waals surface area contributed by atoms with Crippen molar-refractivity contribution in [3.63, 3.8) is 0 Å². The Kier molecular flexibility index (Phi) is 22.7. The third kappa shape index (κ3) is 20.3. The van der Waals surface area contributed by atoms with Crippen molar-refractivity contribution in [2.75, 3.05) is 26.2 Å². The van der Waals surface area contributed by atoms with Crippen LogP contribution in [0.15, 0.2) is 4.99 Å². The Balaban J connectivity index is 1.80. The lowest BCUT2D eigenvalue weighted by Crippen LogP contribution is -2.39. The van der Waals surface area contributed by atoms with Gasteiger partial charge in [0.05, 0.1) is 13.2 Å². The molecule has 0 aliphatic carbocycles. The summed E-state index contributed by atoms with van der Waals surface area (Å²) in [6.07, 6.45) is 29.6. The van der Waals surface area contributed by atoms with Crippen molar-refractivity contribution in [1.29, 1.82) is 0 Å². The molecular weight excluding hydrogens is 460 g/mol. The van der Waals surface area contributed by atoms with E-state index in [1.54, 1.807) is 0 Å². The van der Waals surface area contributed by atoms with Gasteiger partial charge >= 0.3 is 5.97 Å². The van der Waals surface area contributed by atoms with Crippen LogP contribution in [-0.4, -0.2) is 49.2 Å². The first-order chi connectivity index (χ1) is 18.1. The third-order valence-electron chi connectivity index (χ3n) is 7.64. The summed E-state index contributed by atoms with van der Waals surface area (Å²) in [5, 5.41) is 0. The van der Waals surface area contributed by atoms with Gasteiger partial charge in [0.2, 0.25) is 5.91 Å². The Labute approximate surface area is 229 Å². The summed E-state index contributed by atoms with van der Waals surface area (Å²) in [5.41, 5.74) is 0. The molecule has 1 aliphatic heterocycles. The van der Waals surface area contributed by atoms with Gasteiger partial charge in [-0.15, -0.1) is 0 Å². The van der Waals surface area contributed by atoms with Crippen LogP contribution in [0, 0.1) is 5.92 Å². The average Bonchev–Trinajstić information content (AvgIpc) is 2.89. The van der Waals surface area contributed by atoms with Crippen molar-refractivity contribution in [2.45, 2.75) is 155 Å². The first-order valence-corrected chi connectivity index (χ1v) is 16.1. The van der Waals surface area contributed by atoms with Gasteiger partial charge in [0.1, 0.15) is 0 Å². The summed E-state index contributed by atoms with van der Waals surface area (Å²) in [5.74, 6) is 0.0801. The monoisotopic (exact) mass is 520 g/mol. The van der Waals surface area contributed by atoms with Gasteiger partial charge in [0.25, 0.3) is 0 Å². The number of aliphatic imine (C=N–C) groups is 1. The first-order valence-electron chi connectivity index (χ1n) is 16.1. The molecule has 0 saturated carbocycles. The van der Waals surface area contributed by atoms with Gasteiger partial charge in [-0.3, -0.25) is 14.6 Å². The predicted octanol–water partition coefficient (Wildman–Crippen LogP) is 8.68. The van der Waals surface area contributed by atoms with Crippen LogP contribution < -0.4 is 0 Å². The van der Waals surface area contributed by atoms with E-state index in [1.165, 1.54) is 109 Å². The number of rotatable bonds is 24. The van der Waals surface area contributed by atoms with Gasteiger partial charge in [-0.1, -0.05) is 129 Å². The highest BCUT2D eigenvalue weighted by Crippen LogP contribution is 2.15. The van der Waals surface area contributed by atoms with E-state index in [0.29, 0.717) is 45.5 Å². The van der Waals surface area contributed by atoms with Gasteiger partial charge in [-0.05, 0) is 25.5 Å². The lowest BCUT2D eigenvalue weighted by molar-refractivity contribution is -0.144. The molecule has 1 heterocycles. The summed E-state index contributed by atoms with van der Waals surface area (Å²) in [6.45, 7) is 6.61. The van der Waals surface area contributed by atoms with Crippen molar-refractivity contribution >= 4 is 18.1 Å². The summed E-state index contributed by atoms with van der Waals surface area (Å²) < 4.78 is 5.38. The summed E-state index contributed by atoms with van der Waals surface area (Å²) in [6, 6.07) is 0. The normalized spacial score (nSPS) is 17.0. The number of unbranched alkanes of at least 4 members (excludes halogenated alkanes) is 18. The molecule has 0 aromatic carbocycles. The van der Waals surface area contributed by atoms with Crippen molar-refractivity contribution in [1.82, 2.24) is 4.90 Å². The maximum Gasteiger partial charge on any atom is 0.305 e. The molecule has 1 rings (SSSR count). The van der Waals surface area contributed by atoms with E-state index in [-0.39, 0.29) is 17.8 Å². The highest BCUT2D eigenvalue weighted by Gasteiger charge is 2.20. The van der Waals surface area contributed by atoms with Crippen LogP contribution in [0.5, 0.6) is 0 Å². The zero-order chi connectivity index (χ0) is 26.8. The SMILES string of the molecule is CCCCCCCCCCCCCCCCCCCCCC(=O)OCCCN1CC/N=C\CC(C)C1=O. The molecule has 1 aliphatic rings. The summed E-state index contributed by atoms with van der Waals surface area (Å²) >= 11 is 0. The quantitative estimate of drug-likeness (QED) is 0.0944. The minimum absolute atomic E-state index is 0.0130. The van der Waals surface area contributed by atoms with Gasteiger partial charge in [-0.2, -0.15) is 0 Å². The van der Waals surface area contributed by atoms with Gasteiger partial charge in [0.15, 0.2) is 0 Å². The van der Waals surface area contributed by atoms with E-state index in [1.807, 2.05) is 18.0 Å². The van der Waals surface area contributed by atoms with E-state index in [0.717, 1.165) is 12.8 Å². The maximum absolute atomic E-state index is 12.4. The first kappa shape index (κ1) is 33.6. The summed E-state index contributed by atoms with van der Waals surface area (Å²) in [7, 11) is 0. The van der Waals surface area contributed by atoms with E-state index in [9.17, 15) is 9.59 Å². The number of carbonyl (C=O) groups excluding carboxylic acids is 2. The molecule has 0 aromatic rings. The molecule has 0 saturated heterocycles. The molecule has 37 heavy (non-hydrogen) atoms. The van der Waals surface area contributed by atoms with Crippen molar-refractivity contribution in [3.8, 4) is 0 Å². The smallest absolute Gasteiger partial charge is 0.305 e. The van der Waals surface area contributed by atoms with Crippen LogP contribution in [0.3, 0.4) is 0 Å². The van der Waals surface area contributed by atoms with E-state index >= 15 is 0 Å². The molecule has 0 fully saturated rings. The Morgan fingerprint density at radius 3 is 1.81 bits per heavy atom. The van der Waals surface area contributed by atoms with E-state index < -0.39 is 0 Å². The fourth-order valence-corrected chi connectivity index (χ4v) is 5.11. The van der Waals surface area contributed by atoms with Crippen LogP contribution in [-0.2, 0) is 14.3 Å². The Hall–Kier alpha value is -1.39. The zero-order valence-electron chi connectivity index (χ0n) is 24.7. The molecule has 1 unspecified atom stereocenters. The predicted molar refractivity (Wildman–Crippen MR) is 157 cm³/mol. The van der Waals surface area contributed by atoms with Crippen molar-refractivity contribution in [2.24, 2.45) is 10.9 Å². The zero-order valence-corrected chi connectivity index (χ0v) is 24.7. The minimum Gasteiger partial charge on any atom is -0.466 e. The third-order valence-corrected chi connectivity index (χ3v) is 7.64. The van der Waals surface area contributed by atoms with Gasteiger partial charge < -0.3 is 9.64 Å². The number of ether oxygens (including phenoxy) is 1. The molecule has 1 amide bonds. The lowest BCUT2D eigenvalue weighted by Gasteiger charge is -2.26. The Bertz CT molecular complexity index is 578. The molecule has 0 N–H and O–H groups in total. The molecule has 0 radical (unpaired) electrons. The molecule has 216 valence electrons. The second-order valence-electron chi connectivity index (χ2n) is 11.2. The lowest BCUT2D eigenvalue weighted by atomic mass is 10.0. The highest BCUT2D eigenvalue weighted by molar-refractivity contribution is 5.81. The second-order valence-corrected chi connectivity index (χ2v) is 11.2. The maximum atomic E-state index is 12.4. The summed E-state index contributed by atoms with van der Waals surface area (Å²) in [4.78, 5) is 30.5. The van der Waals surface area contributed by atoms with Crippen LogP contribution >= 0.6 is 0 Å². The standard InChI is InChI=1S/C32H60N2O3/c1-3-4-5-6-7-8-9-10-11-12-13-14-15-16-17-18-19-20-21-23-31(35)37-29-22-27-34-28-26-33-25-24-30(2)32(34)36/h25,30H,3-24,26-29H2,1-2H3/b33-25-. The topological polar surface area (TPSA) is 59.0 Å². The number of carbonyl (C=O) groups is 2. The van der Waals surface area contributed by atoms with Crippen molar-refractivity contribution < 1.29 is 14.3 Å². The number of hydrogen-bond donors (Lipinski definition) is 0. The Morgan fingerprint density at radius 2 is 1.30 bits per heavy atom. The molecule has 5 heteroatoms. The van der Waals surface area contributed by atoms with Crippen LogP contribution in [0.2, 0.25) is 0 Å². The van der Waals surface area contributed by atoms with E-state index in [4.69, 9.17) is 4.74 Å².